The predicted octanol–water partition coefficient (Wildman–Crippen LogP) is 3.54. The average Bonchev–Trinajstić information content (AvgIpc) is 2.48. The van der Waals surface area contributed by atoms with Crippen LogP contribution in [0.15, 0.2) is 45.8 Å². The quantitative estimate of drug-likeness (QED) is 0.735. The molecule has 22 heavy (non-hydrogen) atoms. The van der Waals surface area contributed by atoms with Gasteiger partial charge in [0, 0.05) is 4.47 Å². The highest BCUT2D eigenvalue weighted by Crippen LogP contribution is 2.34. The van der Waals surface area contributed by atoms with E-state index in [9.17, 15) is 8.42 Å². The molecule has 0 aromatic heterocycles. The molecule has 0 fully saturated rings. The summed E-state index contributed by atoms with van der Waals surface area (Å²) in [6.07, 6.45) is 0. The summed E-state index contributed by atoms with van der Waals surface area (Å²) >= 11 is 3.24. The zero-order chi connectivity index (χ0) is 16.3. The SMILES string of the molecule is COc1cc(C)ccc1OS(=O)(=O)c1cc(Br)ccc1OC. The summed E-state index contributed by atoms with van der Waals surface area (Å²) in [6, 6.07) is 9.65. The maximum atomic E-state index is 12.5. The van der Waals surface area contributed by atoms with Crippen LogP contribution in [0.4, 0.5) is 0 Å². The van der Waals surface area contributed by atoms with Crippen molar-refractivity contribution in [3.05, 3.63) is 46.4 Å². The fraction of sp³-hybridized carbons (Fsp3) is 0.200. The van der Waals surface area contributed by atoms with Crippen molar-refractivity contribution in [2.75, 3.05) is 14.2 Å². The van der Waals surface area contributed by atoms with Crippen molar-refractivity contribution in [3.8, 4) is 17.2 Å². The first-order valence-electron chi connectivity index (χ1n) is 6.30. The second-order valence-electron chi connectivity index (χ2n) is 4.49. The minimum Gasteiger partial charge on any atom is -0.495 e. The number of rotatable bonds is 5. The third-order valence-corrected chi connectivity index (χ3v) is 4.66. The molecule has 0 aliphatic carbocycles. The molecule has 0 N–H and O–H groups in total. The highest BCUT2D eigenvalue weighted by molar-refractivity contribution is 9.10. The molecular weight excluding hydrogens is 372 g/mol. The highest BCUT2D eigenvalue weighted by atomic mass is 79.9. The summed E-state index contributed by atoms with van der Waals surface area (Å²) in [4.78, 5) is -0.0630. The Kier molecular flexibility index (Phi) is 4.97. The van der Waals surface area contributed by atoms with Crippen LogP contribution in [0.25, 0.3) is 0 Å². The van der Waals surface area contributed by atoms with Crippen LogP contribution in [0.1, 0.15) is 5.56 Å². The second kappa shape index (κ2) is 6.58. The Labute approximate surface area is 138 Å². The largest absolute Gasteiger partial charge is 0.495 e. The molecule has 0 saturated carbocycles. The molecule has 118 valence electrons. The van der Waals surface area contributed by atoms with Gasteiger partial charge in [-0.1, -0.05) is 22.0 Å². The number of benzene rings is 2. The van der Waals surface area contributed by atoms with Gasteiger partial charge in [-0.05, 0) is 42.8 Å². The Hall–Kier alpha value is -1.73. The van der Waals surface area contributed by atoms with Crippen LogP contribution in [0.3, 0.4) is 0 Å². The molecule has 0 aliphatic heterocycles. The molecule has 5 nitrogen and oxygen atoms in total. The molecule has 0 amide bonds. The molecule has 0 heterocycles. The highest BCUT2D eigenvalue weighted by Gasteiger charge is 2.24. The van der Waals surface area contributed by atoms with E-state index in [-0.39, 0.29) is 16.4 Å². The summed E-state index contributed by atoms with van der Waals surface area (Å²) in [5.41, 5.74) is 0.932. The third kappa shape index (κ3) is 3.53. The van der Waals surface area contributed by atoms with Gasteiger partial charge < -0.3 is 13.7 Å². The van der Waals surface area contributed by atoms with E-state index in [1.54, 1.807) is 30.3 Å². The normalized spacial score (nSPS) is 11.1. The zero-order valence-electron chi connectivity index (χ0n) is 12.3. The van der Waals surface area contributed by atoms with Crippen LogP contribution in [-0.4, -0.2) is 22.6 Å². The number of hydrogen-bond acceptors (Lipinski definition) is 5. The van der Waals surface area contributed by atoms with Crippen molar-refractivity contribution in [3.63, 3.8) is 0 Å². The monoisotopic (exact) mass is 386 g/mol. The van der Waals surface area contributed by atoms with Crippen LogP contribution in [0.5, 0.6) is 17.2 Å². The van der Waals surface area contributed by atoms with Gasteiger partial charge in [-0.3, -0.25) is 0 Å². The van der Waals surface area contributed by atoms with Gasteiger partial charge in [0.25, 0.3) is 0 Å². The van der Waals surface area contributed by atoms with Crippen molar-refractivity contribution in [2.45, 2.75) is 11.8 Å². The maximum absolute atomic E-state index is 12.5. The van der Waals surface area contributed by atoms with Gasteiger partial charge in [0.2, 0.25) is 0 Å². The Morgan fingerprint density at radius 1 is 0.909 bits per heavy atom. The minimum atomic E-state index is -4.06. The summed E-state index contributed by atoms with van der Waals surface area (Å²) in [7, 11) is -1.21. The fourth-order valence-electron chi connectivity index (χ4n) is 1.85. The summed E-state index contributed by atoms with van der Waals surface area (Å²) in [5.74, 6) is 0.668. The number of ether oxygens (including phenoxy) is 2. The Bertz CT molecular complexity index is 787. The predicted molar refractivity (Wildman–Crippen MR) is 86.2 cm³/mol. The van der Waals surface area contributed by atoms with Crippen molar-refractivity contribution >= 4 is 26.0 Å². The molecule has 0 unspecified atom stereocenters. The van der Waals surface area contributed by atoms with Gasteiger partial charge in [-0.2, -0.15) is 8.42 Å². The third-order valence-electron chi connectivity index (χ3n) is 2.91. The van der Waals surface area contributed by atoms with Crippen LogP contribution in [-0.2, 0) is 10.1 Å². The minimum absolute atomic E-state index is 0.0630. The van der Waals surface area contributed by atoms with E-state index in [0.29, 0.717) is 10.2 Å². The number of halogens is 1. The summed E-state index contributed by atoms with van der Waals surface area (Å²) < 4.78 is 41.1. The molecule has 2 aromatic carbocycles. The molecular formula is C15H15BrO5S. The van der Waals surface area contributed by atoms with Gasteiger partial charge in [0.15, 0.2) is 11.5 Å². The number of aryl methyl sites for hydroxylation is 1. The molecule has 2 rings (SSSR count). The first-order chi connectivity index (χ1) is 10.4. The maximum Gasteiger partial charge on any atom is 0.343 e. The van der Waals surface area contributed by atoms with E-state index in [0.717, 1.165) is 5.56 Å². The van der Waals surface area contributed by atoms with Crippen LogP contribution in [0, 0.1) is 6.92 Å². The van der Waals surface area contributed by atoms with Gasteiger partial charge in [0.05, 0.1) is 14.2 Å². The van der Waals surface area contributed by atoms with E-state index in [2.05, 4.69) is 15.9 Å². The van der Waals surface area contributed by atoms with Gasteiger partial charge in [0.1, 0.15) is 10.6 Å². The van der Waals surface area contributed by atoms with Gasteiger partial charge >= 0.3 is 10.1 Å². The Morgan fingerprint density at radius 2 is 1.55 bits per heavy atom. The molecule has 0 aliphatic rings. The lowest BCUT2D eigenvalue weighted by Crippen LogP contribution is -2.12. The van der Waals surface area contributed by atoms with Crippen LogP contribution in [0.2, 0.25) is 0 Å². The lowest BCUT2D eigenvalue weighted by atomic mass is 10.2. The van der Waals surface area contributed by atoms with Crippen LogP contribution < -0.4 is 13.7 Å². The molecule has 2 aromatic rings. The van der Waals surface area contributed by atoms with E-state index in [1.165, 1.54) is 20.3 Å². The average molecular weight is 387 g/mol. The number of hydrogen-bond donors (Lipinski definition) is 0. The first-order valence-corrected chi connectivity index (χ1v) is 8.50. The van der Waals surface area contributed by atoms with Gasteiger partial charge in [-0.25, -0.2) is 0 Å². The van der Waals surface area contributed by atoms with E-state index >= 15 is 0 Å². The zero-order valence-corrected chi connectivity index (χ0v) is 14.7. The van der Waals surface area contributed by atoms with Crippen molar-refractivity contribution in [1.82, 2.24) is 0 Å². The second-order valence-corrected chi connectivity index (χ2v) is 6.92. The molecule has 0 spiro atoms. The standard InChI is InChI=1S/C15H15BrO5S/c1-10-4-6-12(14(8-10)20-3)21-22(17,18)15-9-11(16)5-7-13(15)19-2/h4-9H,1-3H3. The lowest BCUT2D eigenvalue weighted by molar-refractivity contribution is 0.384. The van der Waals surface area contributed by atoms with E-state index in [4.69, 9.17) is 13.7 Å². The molecule has 0 saturated heterocycles. The molecule has 0 atom stereocenters. The smallest absolute Gasteiger partial charge is 0.343 e. The van der Waals surface area contributed by atoms with E-state index in [1.807, 2.05) is 6.92 Å². The summed E-state index contributed by atoms with van der Waals surface area (Å²) in [5, 5.41) is 0. The van der Waals surface area contributed by atoms with E-state index < -0.39 is 10.1 Å². The molecule has 0 bridgehead atoms. The van der Waals surface area contributed by atoms with Crippen molar-refractivity contribution in [2.24, 2.45) is 0 Å². The van der Waals surface area contributed by atoms with Crippen molar-refractivity contribution in [1.29, 1.82) is 0 Å². The van der Waals surface area contributed by atoms with Gasteiger partial charge in [-0.15, -0.1) is 0 Å². The Balaban J connectivity index is 2.47. The topological polar surface area (TPSA) is 61.8 Å². The number of methoxy groups -OCH3 is 2. The Morgan fingerprint density at radius 3 is 2.18 bits per heavy atom. The first kappa shape index (κ1) is 16.6. The molecule has 7 heteroatoms. The van der Waals surface area contributed by atoms with Crippen LogP contribution >= 0.6 is 15.9 Å². The molecule has 0 radical (unpaired) electrons. The summed E-state index contributed by atoms with van der Waals surface area (Å²) in [6.45, 7) is 1.87. The van der Waals surface area contributed by atoms with Crippen molar-refractivity contribution < 1.29 is 22.1 Å². The fourth-order valence-corrected chi connectivity index (χ4v) is 3.50. The lowest BCUT2D eigenvalue weighted by Gasteiger charge is -2.13.